The fourth-order valence-electron chi connectivity index (χ4n) is 2.25. The average Bonchev–Trinajstić information content (AvgIpc) is 3.28. The first kappa shape index (κ1) is 13.2. The molecule has 2 aromatic carbocycles. The van der Waals surface area contributed by atoms with Gasteiger partial charge in [0.2, 0.25) is 0 Å². The van der Waals surface area contributed by atoms with Gasteiger partial charge in [0.1, 0.15) is 12.2 Å². The summed E-state index contributed by atoms with van der Waals surface area (Å²) in [6.07, 6.45) is -0.598. The first-order valence-corrected chi connectivity index (χ1v) is 6.20. The number of hydrogen-bond donors (Lipinski definition) is 0. The first-order chi connectivity index (χ1) is 10.1. The quantitative estimate of drug-likeness (QED) is 0.487. The number of epoxide rings is 1. The van der Waals surface area contributed by atoms with Gasteiger partial charge in [-0.3, -0.25) is 20.2 Å². The van der Waals surface area contributed by atoms with Crippen LogP contribution in [0.25, 0.3) is 0 Å². The van der Waals surface area contributed by atoms with Gasteiger partial charge in [-0.25, -0.2) is 0 Å². The SMILES string of the molecule is O=[N+]([O-])c1cccc([C@H]2O[C@H]2c2cccc([N+](=O)[O-])c2)c1. The van der Waals surface area contributed by atoms with Gasteiger partial charge in [0.25, 0.3) is 11.4 Å². The summed E-state index contributed by atoms with van der Waals surface area (Å²) in [5, 5.41) is 21.5. The van der Waals surface area contributed by atoms with E-state index in [9.17, 15) is 20.2 Å². The van der Waals surface area contributed by atoms with Crippen LogP contribution in [0, 0.1) is 20.2 Å². The highest BCUT2D eigenvalue weighted by Crippen LogP contribution is 2.51. The smallest absolute Gasteiger partial charge is 0.269 e. The molecule has 0 amide bonds. The molecule has 0 aliphatic carbocycles. The lowest BCUT2D eigenvalue weighted by atomic mass is 10.0. The van der Waals surface area contributed by atoms with Crippen molar-refractivity contribution < 1.29 is 14.6 Å². The molecule has 0 bridgehead atoms. The highest BCUT2D eigenvalue weighted by atomic mass is 16.6. The Morgan fingerprint density at radius 2 is 1.24 bits per heavy atom. The van der Waals surface area contributed by atoms with E-state index in [4.69, 9.17) is 4.74 Å². The molecule has 1 saturated heterocycles. The van der Waals surface area contributed by atoms with Crippen LogP contribution in [0.15, 0.2) is 48.5 Å². The number of nitro benzene ring substituents is 2. The van der Waals surface area contributed by atoms with Gasteiger partial charge in [-0.2, -0.15) is 0 Å². The van der Waals surface area contributed by atoms with Gasteiger partial charge in [-0.05, 0) is 11.1 Å². The van der Waals surface area contributed by atoms with Crippen molar-refractivity contribution in [2.45, 2.75) is 12.2 Å². The van der Waals surface area contributed by atoms with E-state index >= 15 is 0 Å². The summed E-state index contributed by atoms with van der Waals surface area (Å²) < 4.78 is 5.51. The largest absolute Gasteiger partial charge is 0.359 e. The van der Waals surface area contributed by atoms with Crippen LogP contribution in [-0.4, -0.2) is 9.85 Å². The third kappa shape index (κ3) is 2.59. The molecule has 21 heavy (non-hydrogen) atoms. The van der Waals surface area contributed by atoms with Gasteiger partial charge < -0.3 is 4.74 Å². The molecule has 7 nitrogen and oxygen atoms in total. The molecule has 1 aliphatic rings. The topological polar surface area (TPSA) is 98.8 Å². The van der Waals surface area contributed by atoms with Crippen LogP contribution < -0.4 is 0 Å². The van der Waals surface area contributed by atoms with Crippen LogP contribution in [0.4, 0.5) is 11.4 Å². The van der Waals surface area contributed by atoms with Crippen molar-refractivity contribution in [1.29, 1.82) is 0 Å². The van der Waals surface area contributed by atoms with E-state index in [-0.39, 0.29) is 23.6 Å². The van der Waals surface area contributed by atoms with Gasteiger partial charge in [-0.1, -0.05) is 24.3 Å². The van der Waals surface area contributed by atoms with Crippen molar-refractivity contribution in [3.63, 3.8) is 0 Å². The number of hydrogen-bond acceptors (Lipinski definition) is 5. The first-order valence-electron chi connectivity index (χ1n) is 6.20. The molecular formula is C14H10N2O5. The van der Waals surface area contributed by atoms with Crippen LogP contribution in [0.2, 0.25) is 0 Å². The fraction of sp³-hybridized carbons (Fsp3) is 0.143. The van der Waals surface area contributed by atoms with E-state index in [1.807, 2.05) is 0 Å². The van der Waals surface area contributed by atoms with Gasteiger partial charge >= 0.3 is 0 Å². The minimum absolute atomic E-state index is 0.000734. The lowest BCUT2D eigenvalue weighted by Crippen LogP contribution is -1.91. The van der Waals surface area contributed by atoms with Crippen LogP contribution in [0.5, 0.6) is 0 Å². The third-order valence-corrected chi connectivity index (χ3v) is 3.31. The average molecular weight is 286 g/mol. The Bertz CT molecular complexity index is 669. The highest BCUT2D eigenvalue weighted by Gasteiger charge is 2.42. The van der Waals surface area contributed by atoms with E-state index in [1.54, 1.807) is 24.3 Å². The molecule has 1 heterocycles. The van der Waals surface area contributed by atoms with Gasteiger partial charge in [-0.15, -0.1) is 0 Å². The Morgan fingerprint density at radius 3 is 1.62 bits per heavy atom. The summed E-state index contributed by atoms with van der Waals surface area (Å²) in [4.78, 5) is 20.6. The van der Waals surface area contributed by atoms with Crippen molar-refractivity contribution in [2.75, 3.05) is 0 Å². The molecule has 106 valence electrons. The Balaban J connectivity index is 1.83. The number of ether oxygens (including phenoxy) is 1. The monoisotopic (exact) mass is 286 g/mol. The summed E-state index contributed by atoms with van der Waals surface area (Å²) in [6.45, 7) is 0. The van der Waals surface area contributed by atoms with Crippen molar-refractivity contribution in [1.82, 2.24) is 0 Å². The maximum atomic E-state index is 10.8. The predicted octanol–water partition coefficient (Wildman–Crippen LogP) is 3.32. The second-order valence-corrected chi connectivity index (χ2v) is 4.68. The van der Waals surface area contributed by atoms with Crippen molar-refractivity contribution in [2.24, 2.45) is 0 Å². The Morgan fingerprint density at radius 1 is 0.810 bits per heavy atom. The maximum absolute atomic E-state index is 10.8. The van der Waals surface area contributed by atoms with Crippen molar-refractivity contribution >= 4 is 11.4 Å². The minimum Gasteiger partial charge on any atom is -0.359 e. The zero-order chi connectivity index (χ0) is 15.0. The zero-order valence-corrected chi connectivity index (χ0v) is 10.7. The Labute approximate surface area is 119 Å². The normalized spacial score (nSPS) is 20.0. The molecular weight excluding hydrogens is 276 g/mol. The molecule has 0 unspecified atom stereocenters. The lowest BCUT2D eigenvalue weighted by molar-refractivity contribution is -0.385. The van der Waals surface area contributed by atoms with Crippen LogP contribution >= 0.6 is 0 Å². The molecule has 2 aromatic rings. The molecule has 0 spiro atoms. The molecule has 1 fully saturated rings. The Hall–Kier alpha value is -2.80. The van der Waals surface area contributed by atoms with E-state index in [0.717, 1.165) is 0 Å². The van der Waals surface area contributed by atoms with Gasteiger partial charge in [0.15, 0.2) is 0 Å². The standard InChI is InChI=1S/C14H10N2O5/c17-15(18)11-5-1-3-9(7-11)13-14(21-13)10-4-2-6-12(8-10)16(19)20/h1-8,13-14H/t13-,14+. The van der Waals surface area contributed by atoms with Gasteiger partial charge in [0.05, 0.1) is 9.85 Å². The number of nitro groups is 2. The molecule has 7 heteroatoms. The number of non-ortho nitro benzene ring substituents is 2. The van der Waals surface area contributed by atoms with Crippen molar-refractivity contribution in [3.05, 3.63) is 79.9 Å². The second kappa shape index (κ2) is 4.95. The summed E-state index contributed by atoms with van der Waals surface area (Å²) in [7, 11) is 0. The number of rotatable bonds is 4. The summed E-state index contributed by atoms with van der Waals surface area (Å²) in [5.74, 6) is 0. The molecule has 0 N–H and O–H groups in total. The summed E-state index contributed by atoms with van der Waals surface area (Å²) in [5.41, 5.74) is 1.39. The van der Waals surface area contributed by atoms with E-state index in [1.165, 1.54) is 24.3 Å². The van der Waals surface area contributed by atoms with E-state index < -0.39 is 9.85 Å². The van der Waals surface area contributed by atoms with Gasteiger partial charge in [0, 0.05) is 24.3 Å². The minimum atomic E-state index is -0.464. The van der Waals surface area contributed by atoms with Crippen LogP contribution in [-0.2, 0) is 4.74 Å². The van der Waals surface area contributed by atoms with Crippen molar-refractivity contribution in [3.8, 4) is 0 Å². The molecule has 2 atom stereocenters. The fourth-order valence-corrected chi connectivity index (χ4v) is 2.25. The van der Waals surface area contributed by atoms with E-state index in [2.05, 4.69) is 0 Å². The third-order valence-electron chi connectivity index (χ3n) is 3.31. The summed E-state index contributed by atoms with van der Waals surface area (Å²) >= 11 is 0. The molecule has 0 radical (unpaired) electrons. The Kier molecular flexibility index (Phi) is 3.11. The zero-order valence-electron chi connectivity index (χ0n) is 10.7. The number of benzene rings is 2. The highest BCUT2D eigenvalue weighted by molar-refractivity contribution is 5.41. The lowest BCUT2D eigenvalue weighted by Gasteiger charge is -1.98. The van der Waals surface area contributed by atoms with Crippen LogP contribution in [0.1, 0.15) is 23.3 Å². The second-order valence-electron chi connectivity index (χ2n) is 4.68. The molecule has 1 aliphatic heterocycles. The molecule has 3 rings (SSSR count). The van der Waals surface area contributed by atoms with Crippen LogP contribution in [0.3, 0.4) is 0 Å². The maximum Gasteiger partial charge on any atom is 0.269 e. The molecule has 0 aromatic heterocycles. The summed E-state index contributed by atoms with van der Waals surface area (Å²) in [6, 6.07) is 12.4. The number of nitrogens with zero attached hydrogens (tertiary/aromatic N) is 2. The predicted molar refractivity (Wildman–Crippen MR) is 72.8 cm³/mol. The molecule has 0 saturated carbocycles. The van der Waals surface area contributed by atoms with E-state index in [0.29, 0.717) is 11.1 Å².